The van der Waals surface area contributed by atoms with Crippen molar-refractivity contribution in [2.75, 3.05) is 5.32 Å². The second-order valence-electron chi connectivity index (χ2n) is 7.58. The standard InChI is InChI=1S/C22H23N5O3/c1-15-6-9-17(22-25-24-20-5-3-2-4-12-26(20)22)14-19(15)23-21(28)13-16-7-10-18(11-8-16)27(29)30/h6-11,14H,2-5,12-13H2,1H3,(H,23,28). The Morgan fingerprint density at radius 2 is 1.93 bits per heavy atom. The van der Waals surface area contributed by atoms with E-state index in [9.17, 15) is 14.9 Å². The maximum Gasteiger partial charge on any atom is 0.269 e. The second kappa shape index (κ2) is 8.44. The smallest absolute Gasteiger partial charge is 0.269 e. The number of aromatic nitrogens is 3. The minimum absolute atomic E-state index is 0.00939. The Labute approximate surface area is 174 Å². The first kappa shape index (κ1) is 19.8. The quantitative estimate of drug-likeness (QED) is 0.509. The molecule has 30 heavy (non-hydrogen) atoms. The lowest BCUT2D eigenvalue weighted by molar-refractivity contribution is -0.384. The molecular formula is C22H23N5O3. The van der Waals surface area contributed by atoms with Crippen molar-refractivity contribution in [3.05, 3.63) is 69.5 Å². The summed E-state index contributed by atoms with van der Waals surface area (Å²) in [6.45, 7) is 2.85. The molecule has 0 fully saturated rings. The first-order chi connectivity index (χ1) is 14.5. The van der Waals surface area contributed by atoms with Crippen molar-refractivity contribution in [1.82, 2.24) is 14.8 Å². The van der Waals surface area contributed by atoms with E-state index in [1.54, 1.807) is 12.1 Å². The molecule has 0 saturated heterocycles. The van der Waals surface area contributed by atoms with Crippen LogP contribution in [-0.4, -0.2) is 25.6 Å². The maximum absolute atomic E-state index is 12.6. The number of fused-ring (bicyclic) bond motifs is 1. The molecule has 154 valence electrons. The van der Waals surface area contributed by atoms with Gasteiger partial charge in [-0.1, -0.05) is 30.7 Å². The fourth-order valence-corrected chi connectivity index (χ4v) is 3.71. The van der Waals surface area contributed by atoms with Gasteiger partial charge in [-0.25, -0.2) is 0 Å². The molecule has 0 bridgehead atoms. The highest BCUT2D eigenvalue weighted by Crippen LogP contribution is 2.27. The van der Waals surface area contributed by atoms with Crippen molar-refractivity contribution in [2.24, 2.45) is 0 Å². The zero-order chi connectivity index (χ0) is 21.1. The van der Waals surface area contributed by atoms with Gasteiger partial charge in [-0.3, -0.25) is 14.9 Å². The molecular weight excluding hydrogens is 382 g/mol. The molecule has 3 aromatic rings. The van der Waals surface area contributed by atoms with Crippen LogP contribution < -0.4 is 5.32 Å². The average Bonchev–Trinajstić information content (AvgIpc) is 2.98. The largest absolute Gasteiger partial charge is 0.326 e. The molecule has 1 aliphatic rings. The van der Waals surface area contributed by atoms with Gasteiger partial charge in [0.15, 0.2) is 5.82 Å². The van der Waals surface area contributed by atoms with Crippen molar-refractivity contribution in [1.29, 1.82) is 0 Å². The second-order valence-corrected chi connectivity index (χ2v) is 7.58. The van der Waals surface area contributed by atoms with E-state index in [2.05, 4.69) is 20.1 Å². The van der Waals surface area contributed by atoms with Gasteiger partial charge in [0, 0.05) is 36.3 Å². The molecule has 2 heterocycles. The number of nitrogens with one attached hydrogen (secondary N) is 1. The van der Waals surface area contributed by atoms with Crippen molar-refractivity contribution >= 4 is 17.3 Å². The Morgan fingerprint density at radius 3 is 2.70 bits per heavy atom. The molecule has 0 atom stereocenters. The molecule has 1 N–H and O–H groups in total. The zero-order valence-corrected chi connectivity index (χ0v) is 16.8. The van der Waals surface area contributed by atoms with Gasteiger partial charge in [0.25, 0.3) is 5.69 Å². The lowest BCUT2D eigenvalue weighted by atomic mass is 10.1. The van der Waals surface area contributed by atoms with E-state index in [1.165, 1.54) is 18.6 Å². The van der Waals surface area contributed by atoms with Gasteiger partial charge in [0.1, 0.15) is 5.82 Å². The van der Waals surface area contributed by atoms with E-state index in [0.29, 0.717) is 0 Å². The molecule has 0 radical (unpaired) electrons. The van der Waals surface area contributed by atoms with Crippen LogP contribution in [0.2, 0.25) is 0 Å². The number of rotatable bonds is 5. The van der Waals surface area contributed by atoms with Gasteiger partial charge in [-0.2, -0.15) is 0 Å². The van der Waals surface area contributed by atoms with Gasteiger partial charge in [-0.15, -0.1) is 10.2 Å². The summed E-state index contributed by atoms with van der Waals surface area (Å²) in [4.78, 5) is 22.9. The molecule has 0 spiro atoms. The Morgan fingerprint density at radius 1 is 1.13 bits per heavy atom. The summed E-state index contributed by atoms with van der Waals surface area (Å²) >= 11 is 0. The van der Waals surface area contributed by atoms with Crippen LogP contribution in [-0.2, 0) is 24.2 Å². The van der Waals surface area contributed by atoms with Gasteiger partial charge in [0.05, 0.1) is 11.3 Å². The minimum atomic E-state index is -0.454. The number of carbonyl (C=O) groups excluding carboxylic acids is 1. The fourth-order valence-electron chi connectivity index (χ4n) is 3.71. The summed E-state index contributed by atoms with van der Waals surface area (Å²) in [5.74, 6) is 1.67. The average molecular weight is 405 g/mol. The summed E-state index contributed by atoms with van der Waals surface area (Å²) < 4.78 is 2.18. The number of anilines is 1. The number of amides is 1. The topological polar surface area (TPSA) is 103 Å². The molecule has 0 saturated carbocycles. The monoisotopic (exact) mass is 405 g/mol. The predicted molar refractivity (Wildman–Crippen MR) is 113 cm³/mol. The lowest BCUT2D eigenvalue weighted by Gasteiger charge is -2.12. The Kier molecular flexibility index (Phi) is 5.56. The predicted octanol–water partition coefficient (Wildman–Crippen LogP) is 4.07. The van der Waals surface area contributed by atoms with Crippen LogP contribution in [0.25, 0.3) is 11.4 Å². The number of non-ortho nitro benzene ring substituents is 1. The SMILES string of the molecule is Cc1ccc(-c2nnc3n2CCCCC3)cc1NC(=O)Cc1ccc([N+](=O)[O-])cc1. The number of benzene rings is 2. The molecule has 8 nitrogen and oxygen atoms in total. The number of aryl methyl sites for hydroxylation is 2. The van der Waals surface area contributed by atoms with Gasteiger partial charge >= 0.3 is 0 Å². The third-order valence-corrected chi connectivity index (χ3v) is 5.39. The lowest BCUT2D eigenvalue weighted by Crippen LogP contribution is -2.15. The first-order valence-electron chi connectivity index (χ1n) is 10.1. The molecule has 2 aromatic carbocycles. The van der Waals surface area contributed by atoms with Crippen LogP contribution in [0.4, 0.5) is 11.4 Å². The molecule has 1 amide bonds. The maximum atomic E-state index is 12.6. The third-order valence-electron chi connectivity index (χ3n) is 5.39. The van der Waals surface area contributed by atoms with E-state index < -0.39 is 4.92 Å². The van der Waals surface area contributed by atoms with E-state index in [1.807, 2.05) is 25.1 Å². The van der Waals surface area contributed by atoms with Crippen molar-refractivity contribution in [3.63, 3.8) is 0 Å². The molecule has 0 unspecified atom stereocenters. The van der Waals surface area contributed by atoms with Gasteiger partial charge < -0.3 is 9.88 Å². The van der Waals surface area contributed by atoms with Crippen LogP contribution in [0.3, 0.4) is 0 Å². The van der Waals surface area contributed by atoms with Crippen molar-refractivity contribution in [3.8, 4) is 11.4 Å². The number of carbonyl (C=O) groups is 1. The number of hydrogen-bond acceptors (Lipinski definition) is 5. The summed E-state index contributed by atoms with van der Waals surface area (Å²) in [5.41, 5.74) is 3.33. The van der Waals surface area contributed by atoms with Crippen molar-refractivity contribution in [2.45, 2.75) is 45.6 Å². The minimum Gasteiger partial charge on any atom is -0.326 e. The third kappa shape index (κ3) is 4.22. The van der Waals surface area contributed by atoms with Gasteiger partial charge in [-0.05, 0) is 37.0 Å². The molecule has 8 heteroatoms. The van der Waals surface area contributed by atoms with Crippen LogP contribution in [0.5, 0.6) is 0 Å². The number of nitrogens with zero attached hydrogens (tertiary/aromatic N) is 4. The van der Waals surface area contributed by atoms with Crippen LogP contribution >= 0.6 is 0 Å². The molecule has 1 aromatic heterocycles. The van der Waals surface area contributed by atoms with Crippen LogP contribution in [0.15, 0.2) is 42.5 Å². The highest BCUT2D eigenvalue weighted by Gasteiger charge is 2.17. The number of nitro benzene ring substituents is 1. The highest BCUT2D eigenvalue weighted by atomic mass is 16.6. The fraction of sp³-hybridized carbons (Fsp3) is 0.318. The summed E-state index contributed by atoms with van der Waals surface area (Å²) in [6.07, 6.45) is 4.53. The van der Waals surface area contributed by atoms with Gasteiger partial charge in [0.2, 0.25) is 5.91 Å². The van der Waals surface area contributed by atoms with E-state index in [0.717, 1.165) is 59.8 Å². The molecule has 4 rings (SSSR count). The molecule has 1 aliphatic heterocycles. The van der Waals surface area contributed by atoms with Crippen LogP contribution in [0.1, 0.15) is 36.2 Å². The van der Waals surface area contributed by atoms with E-state index >= 15 is 0 Å². The first-order valence-corrected chi connectivity index (χ1v) is 10.1. The van der Waals surface area contributed by atoms with E-state index in [-0.39, 0.29) is 18.0 Å². The zero-order valence-electron chi connectivity index (χ0n) is 16.8. The Balaban J connectivity index is 1.52. The van der Waals surface area contributed by atoms with E-state index in [4.69, 9.17) is 0 Å². The van der Waals surface area contributed by atoms with Crippen molar-refractivity contribution < 1.29 is 9.72 Å². The summed E-state index contributed by atoms with van der Waals surface area (Å²) in [5, 5.41) is 22.5. The highest BCUT2D eigenvalue weighted by molar-refractivity contribution is 5.93. The van der Waals surface area contributed by atoms with Crippen LogP contribution in [0, 0.1) is 17.0 Å². The Bertz CT molecular complexity index is 1090. The summed E-state index contributed by atoms with van der Waals surface area (Å²) in [6, 6.07) is 11.9. The normalized spacial score (nSPS) is 13.4. The summed E-state index contributed by atoms with van der Waals surface area (Å²) in [7, 11) is 0. The number of nitro groups is 1. The molecule has 0 aliphatic carbocycles. The Hall–Kier alpha value is -3.55. The number of hydrogen-bond donors (Lipinski definition) is 1.